The fraction of sp³-hybridized carbons (Fsp3) is 0.0149. The lowest BCUT2D eigenvalue weighted by molar-refractivity contribution is 0.768. The van der Waals surface area contributed by atoms with Gasteiger partial charge in [-0.3, -0.25) is 0 Å². The molecule has 0 saturated heterocycles. The Labute approximate surface area is 415 Å². The molecule has 0 fully saturated rings. The van der Waals surface area contributed by atoms with Gasteiger partial charge in [0.1, 0.15) is 0 Å². The molecule has 0 radical (unpaired) electrons. The van der Waals surface area contributed by atoms with E-state index in [1.807, 2.05) is 4.52 Å². The number of aromatic nitrogens is 4. The summed E-state index contributed by atoms with van der Waals surface area (Å²) in [5.41, 5.74) is 18.5. The third-order valence-electron chi connectivity index (χ3n) is 15.2. The summed E-state index contributed by atoms with van der Waals surface area (Å²) in [5.74, 6) is 0. The Morgan fingerprint density at radius 3 is 1.75 bits per heavy atom. The van der Waals surface area contributed by atoms with E-state index in [9.17, 15) is 0 Å². The van der Waals surface area contributed by atoms with Gasteiger partial charge in [-0.1, -0.05) is 182 Å². The zero-order chi connectivity index (χ0) is 47.3. The van der Waals surface area contributed by atoms with Crippen LogP contribution in [0, 0.1) is 0 Å². The molecule has 1 aliphatic carbocycles. The second kappa shape index (κ2) is 15.7. The molecule has 72 heavy (non-hydrogen) atoms. The van der Waals surface area contributed by atoms with E-state index in [0.717, 1.165) is 66.7 Å². The van der Waals surface area contributed by atoms with Crippen LogP contribution in [0.15, 0.2) is 261 Å². The Hall–Kier alpha value is -9.58. The molecule has 0 amide bonds. The van der Waals surface area contributed by atoms with E-state index in [1.54, 1.807) is 0 Å². The molecule has 5 nitrogen and oxygen atoms in total. The van der Waals surface area contributed by atoms with Crippen LogP contribution >= 0.6 is 0 Å². The lowest BCUT2D eigenvalue weighted by Gasteiger charge is -2.35. The van der Waals surface area contributed by atoms with Gasteiger partial charge in [-0.25, -0.2) is 9.50 Å². The number of nitrogens with zero attached hydrogens (tertiary/aromatic N) is 5. The van der Waals surface area contributed by atoms with E-state index in [1.165, 1.54) is 60.6 Å². The van der Waals surface area contributed by atoms with Crippen molar-refractivity contribution < 1.29 is 0 Å². The number of hydrogen-bond acceptors (Lipinski definition) is 3. The Morgan fingerprint density at radius 2 is 0.972 bits per heavy atom. The molecule has 1 aliphatic rings. The molecule has 0 N–H and O–H groups in total. The van der Waals surface area contributed by atoms with Crippen LogP contribution in [0.2, 0.25) is 0 Å². The average Bonchev–Trinajstić information content (AvgIpc) is 4.10. The monoisotopic (exact) mass is 917 g/mol. The van der Waals surface area contributed by atoms with Crippen LogP contribution < -0.4 is 4.90 Å². The van der Waals surface area contributed by atoms with E-state index in [0.29, 0.717) is 0 Å². The second-order valence-electron chi connectivity index (χ2n) is 18.9. The maximum Gasteiger partial charge on any atom is 0.0933 e. The largest absolute Gasteiger partial charge is 0.309 e. The quantitative estimate of drug-likeness (QED) is 0.150. The van der Waals surface area contributed by atoms with Crippen LogP contribution in [0.25, 0.3) is 88.0 Å². The first-order valence-electron chi connectivity index (χ1n) is 24.7. The molecule has 10 aromatic carbocycles. The molecule has 0 unspecified atom stereocenters. The van der Waals surface area contributed by atoms with Gasteiger partial charge in [0.05, 0.1) is 50.6 Å². The van der Waals surface area contributed by atoms with E-state index < -0.39 is 5.41 Å². The molecule has 0 atom stereocenters. The molecule has 0 spiro atoms. The number of anilines is 3. The summed E-state index contributed by atoms with van der Waals surface area (Å²) in [6.07, 6.45) is 2.17. The summed E-state index contributed by atoms with van der Waals surface area (Å²) in [5, 5.41) is 12.1. The standard InChI is InChI=1S/C67H43N5/c1-4-18-45(19-5-1)67(46-20-6-2-7-21-46)57-28-14-10-24-51(57)52-38-36-49(42-58(52)67)71(50-37-40-61-53-25-11-16-30-60(53)69-70(61)43-50)48-34-32-44(33-35-48)66-56-39-41-63-65(64(56)54-26-12-15-29-59(54)68-66)55-27-13-17-31-62(55)72(63)47-22-8-3-9-23-47/h1-43H. The van der Waals surface area contributed by atoms with Crippen molar-refractivity contribution in [2.75, 3.05) is 4.90 Å². The molecule has 0 bridgehead atoms. The Balaban J connectivity index is 0.946. The Kier molecular flexibility index (Phi) is 8.80. The van der Waals surface area contributed by atoms with Crippen LogP contribution in [0.5, 0.6) is 0 Å². The van der Waals surface area contributed by atoms with Gasteiger partial charge in [0.2, 0.25) is 0 Å². The zero-order valence-corrected chi connectivity index (χ0v) is 39.1. The highest BCUT2D eigenvalue weighted by Crippen LogP contribution is 2.57. The van der Waals surface area contributed by atoms with Crippen molar-refractivity contribution in [3.63, 3.8) is 0 Å². The number of rotatable bonds is 7. The second-order valence-corrected chi connectivity index (χ2v) is 18.9. The molecule has 5 heteroatoms. The highest BCUT2D eigenvalue weighted by molar-refractivity contribution is 6.29. The molecule has 4 heterocycles. The van der Waals surface area contributed by atoms with E-state index in [4.69, 9.17) is 10.1 Å². The van der Waals surface area contributed by atoms with Gasteiger partial charge in [0, 0.05) is 54.9 Å². The minimum absolute atomic E-state index is 0.550. The highest BCUT2D eigenvalue weighted by Gasteiger charge is 2.46. The maximum absolute atomic E-state index is 5.47. The molecule has 0 aliphatic heterocycles. The van der Waals surface area contributed by atoms with Gasteiger partial charge in [0.25, 0.3) is 0 Å². The summed E-state index contributed by atoms with van der Waals surface area (Å²) >= 11 is 0. The summed E-state index contributed by atoms with van der Waals surface area (Å²) in [6, 6.07) is 92.5. The lowest BCUT2D eigenvalue weighted by Crippen LogP contribution is -2.28. The van der Waals surface area contributed by atoms with Crippen molar-refractivity contribution >= 4 is 77.0 Å². The number of pyridine rings is 2. The predicted molar refractivity (Wildman–Crippen MR) is 297 cm³/mol. The van der Waals surface area contributed by atoms with Crippen molar-refractivity contribution in [1.29, 1.82) is 0 Å². The average molecular weight is 918 g/mol. The summed E-state index contributed by atoms with van der Waals surface area (Å²) in [7, 11) is 0. The first-order valence-corrected chi connectivity index (χ1v) is 24.7. The third kappa shape index (κ3) is 5.82. The molecular formula is C67H43N5. The number of para-hydroxylation sites is 3. The smallest absolute Gasteiger partial charge is 0.0933 e. The van der Waals surface area contributed by atoms with Crippen molar-refractivity contribution in [3.05, 3.63) is 283 Å². The fourth-order valence-electron chi connectivity index (χ4n) is 12.2. The number of hydrogen-bond donors (Lipinski definition) is 0. The fourth-order valence-corrected chi connectivity index (χ4v) is 12.2. The Morgan fingerprint density at radius 1 is 0.375 bits per heavy atom. The van der Waals surface area contributed by atoms with Crippen molar-refractivity contribution in [1.82, 2.24) is 19.2 Å². The van der Waals surface area contributed by atoms with Crippen LogP contribution in [-0.2, 0) is 5.41 Å². The lowest BCUT2D eigenvalue weighted by atomic mass is 9.67. The van der Waals surface area contributed by atoms with Crippen molar-refractivity contribution in [3.8, 4) is 28.1 Å². The molecular weight excluding hydrogens is 875 g/mol. The molecule has 336 valence electrons. The van der Waals surface area contributed by atoms with E-state index in [2.05, 4.69) is 270 Å². The van der Waals surface area contributed by atoms with Gasteiger partial charge in [-0.15, -0.1) is 0 Å². The normalized spacial score (nSPS) is 12.8. The predicted octanol–water partition coefficient (Wildman–Crippen LogP) is 16.8. The highest BCUT2D eigenvalue weighted by atomic mass is 15.2. The molecule has 4 aromatic heterocycles. The van der Waals surface area contributed by atoms with Crippen LogP contribution in [0.3, 0.4) is 0 Å². The topological polar surface area (TPSA) is 38.4 Å². The summed E-state index contributed by atoms with van der Waals surface area (Å²) in [4.78, 5) is 7.85. The molecule has 14 aromatic rings. The summed E-state index contributed by atoms with van der Waals surface area (Å²) < 4.78 is 4.43. The van der Waals surface area contributed by atoms with E-state index >= 15 is 0 Å². The summed E-state index contributed by atoms with van der Waals surface area (Å²) in [6.45, 7) is 0. The van der Waals surface area contributed by atoms with Crippen molar-refractivity contribution in [2.45, 2.75) is 5.41 Å². The van der Waals surface area contributed by atoms with Gasteiger partial charge in [-0.05, 0) is 106 Å². The number of fused-ring (bicyclic) bond motifs is 13. The minimum Gasteiger partial charge on any atom is -0.309 e. The first-order chi connectivity index (χ1) is 35.7. The van der Waals surface area contributed by atoms with E-state index in [-0.39, 0.29) is 0 Å². The van der Waals surface area contributed by atoms with Gasteiger partial charge < -0.3 is 9.47 Å². The van der Waals surface area contributed by atoms with Crippen LogP contribution in [0.4, 0.5) is 17.1 Å². The number of benzene rings is 10. The van der Waals surface area contributed by atoms with Crippen LogP contribution in [0.1, 0.15) is 22.3 Å². The SMILES string of the molecule is c1ccc(-n2c3ccccc3c3c4c(ccc32)c(-c2ccc(N(c3ccc5c(c3)C(c3ccccc3)(c3ccccc3)c3ccccc3-5)c3ccc5c6ccccc6nn5c3)cc2)nc2ccccc24)cc1. The van der Waals surface area contributed by atoms with Gasteiger partial charge in [-0.2, -0.15) is 5.10 Å². The first kappa shape index (κ1) is 40.3. The third-order valence-corrected chi connectivity index (χ3v) is 15.2. The zero-order valence-electron chi connectivity index (χ0n) is 39.1. The van der Waals surface area contributed by atoms with Crippen molar-refractivity contribution in [2.24, 2.45) is 0 Å². The molecule has 0 saturated carbocycles. The Bertz CT molecular complexity index is 4400. The van der Waals surface area contributed by atoms with Gasteiger partial charge in [0.15, 0.2) is 0 Å². The van der Waals surface area contributed by atoms with Gasteiger partial charge >= 0.3 is 0 Å². The van der Waals surface area contributed by atoms with Crippen LogP contribution in [-0.4, -0.2) is 19.2 Å². The minimum atomic E-state index is -0.550. The molecule has 15 rings (SSSR count). The maximum atomic E-state index is 5.47.